The van der Waals surface area contributed by atoms with Crippen LogP contribution in [0.1, 0.15) is 10.4 Å². The first-order chi connectivity index (χ1) is 8.38. The fourth-order valence-corrected chi connectivity index (χ4v) is 3.64. The van der Waals surface area contributed by atoms with Gasteiger partial charge in [-0.05, 0) is 42.2 Å². The Morgan fingerprint density at radius 3 is 2.33 bits per heavy atom. The SMILES string of the molecule is Cc1c[n+](NS(=O)(=O)c2ccc(Br)cc2)sc1C. The molecule has 2 aromatic rings. The minimum Gasteiger partial charge on any atom is -0.197 e. The first-order valence-electron chi connectivity index (χ1n) is 5.16. The van der Waals surface area contributed by atoms with E-state index in [2.05, 4.69) is 20.8 Å². The minimum atomic E-state index is -3.53. The third-order valence-corrected chi connectivity index (χ3v) is 5.40. The Kier molecular flexibility index (Phi) is 3.74. The molecule has 1 aromatic carbocycles. The number of rotatable bonds is 3. The Bertz CT molecular complexity index is 643. The van der Waals surface area contributed by atoms with Crippen LogP contribution in [0.4, 0.5) is 0 Å². The van der Waals surface area contributed by atoms with Crippen LogP contribution in [0.15, 0.2) is 39.8 Å². The summed E-state index contributed by atoms with van der Waals surface area (Å²) in [5.74, 6) is 0. The standard InChI is InChI=1S/C11H12BrN2O2S2/c1-8-7-14(17-9(8)2)13-18(15,16)11-5-3-10(12)4-6-11/h3-7,13H,1-2H3/q+1. The topological polar surface area (TPSA) is 50.1 Å². The van der Waals surface area contributed by atoms with Gasteiger partial charge in [-0.3, -0.25) is 0 Å². The average Bonchev–Trinajstić information content (AvgIpc) is 2.57. The smallest absolute Gasteiger partial charge is 0.197 e. The highest BCUT2D eigenvalue weighted by atomic mass is 79.9. The van der Waals surface area contributed by atoms with Gasteiger partial charge in [-0.2, -0.15) is 8.42 Å². The van der Waals surface area contributed by atoms with Gasteiger partial charge in [-0.25, -0.2) is 0 Å². The fraction of sp³-hybridized carbons (Fsp3) is 0.182. The summed E-state index contributed by atoms with van der Waals surface area (Å²) in [5.41, 5.74) is 1.05. The van der Waals surface area contributed by atoms with Gasteiger partial charge in [0.15, 0.2) is 11.5 Å². The van der Waals surface area contributed by atoms with Crippen LogP contribution in [0.2, 0.25) is 0 Å². The number of hydrogen-bond donors (Lipinski definition) is 1. The maximum absolute atomic E-state index is 12.1. The van der Waals surface area contributed by atoms with Crippen molar-refractivity contribution in [3.8, 4) is 0 Å². The van der Waals surface area contributed by atoms with Gasteiger partial charge in [-0.15, -0.1) is 0 Å². The molecule has 96 valence electrons. The predicted molar refractivity (Wildman–Crippen MR) is 74.7 cm³/mol. The molecule has 2 rings (SSSR count). The van der Waals surface area contributed by atoms with Crippen molar-refractivity contribution in [2.24, 2.45) is 0 Å². The zero-order valence-corrected chi connectivity index (χ0v) is 13.1. The lowest BCUT2D eigenvalue weighted by Gasteiger charge is -2.00. The van der Waals surface area contributed by atoms with Crippen molar-refractivity contribution >= 4 is 37.5 Å². The lowest BCUT2D eigenvalue weighted by Crippen LogP contribution is -2.44. The predicted octanol–water partition coefficient (Wildman–Crippen LogP) is 2.35. The van der Waals surface area contributed by atoms with E-state index in [1.807, 2.05) is 13.8 Å². The maximum atomic E-state index is 12.1. The van der Waals surface area contributed by atoms with E-state index in [0.717, 1.165) is 14.9 Å². The Morgan fingerprint density at radius 2 is 1.83 bits per heavy atom. The zero-order valence-electron chi connectivity index (χ0n) is 9.84. The third-order valence-electron chi connectivity index (χ3n) is 2.44. The summed E-state index contributed by atoms with van der Waals surface area (Å²) in [6.45, 7) is 3.89. The van der Waals surface area contributed by atoms with Crippen LogP contribution in [-0.4, -0.2) is 8.42 Å². The van der Waals surface area contributed by atoms with E-state index in [-0.39, 0.29) is 4.90 Å². The Hall–Kier alpha value is -0.920. The molecule has 1 heterocycles. The van der Waals surface area contributed by atoms with E-state index in [0.29, 0.717) is 0 Å². The number of nitrogens with zero attached hydrogens (tertiary/aromatic N) is 1. The number of sulfonamides is 1. The average molecular weight is 348 g/mol. The van der Waals surface area contributed by atoms with E-state index in [4.69, 9.17) is 0 Å². The van der Waals surface area contributed by atoms with Gasteiger partial charge >= 0.3 is 10.0 Å². The molecule has 0 aliphatic rings. The second-order valence-electron chi connectivity index (χ2n) is 3.83. The zero-order chi connectivity index (χ0) is 13.3. The van der Waals surface area contributed by atoms with Gasteiger partial charge in [0.1, 0.15) is 0 Å². The number of aromatic nitrogens is 1. The number of aryl methyl sites for hydroxylation is 2. The number of hydrogen-bond acceptors (Lipinski definition) is 3. The molecule has 0 saturated heterocycles. The largest absolute Gasteiger partial charge is 0.307 e. The van der Waals surface area contributed by atoms with Crippen molar-refractivity contribution in [1.82, 2.24) is 0 Å². The van der Waals surface area contributed by atoms with Crippen LogP contribution in [0, 0.1) is 13.8 Å². The molecule has 0 atom stereocenters. The van der Waals surface area contributed by atoms with Crippen molar-refractivity contribution in [3.63, 3.8) is 0 Å². The lowest BCUT2D eigenvalue weighted by molar-refractivity contribution is -0.564. The van der Waals surface area contributed by atoms with Gasteiger partial charge in [-0.1, -0.05) is 20.8 Å². The van der Waals surface area contributed by atoms with Gasteiger partial charge < -0.3 is 0 Å². The molecule has 0 saturated carbocycles. The molecule has 4 nitrogen and oxygen atoms in total. The lowest BCUT2D eigenvalue weighted by atomic mass is 10.3. The molecule has 7 heteroatoms. The quantitative estimate of drug-likeness (QED) is 0.866. The van der Waals surface area contributed by atoms with Crippen molar-refractivity contribution < 1.29 is 12.5 Å². The molecule has 0 unspecified atom stereocenters. The van der Waals surface area contributed by atoms with E-state index >= 15 is 0 Å². The molecule has 1 N–H and O–H groups in total. The summed E-state index contributed by atoms with van der Waals surface area (Å²) >= 11 is 4.63. The molecular formula is C11H12BrN2O2S2+. The molecule has 1 aromatic heterocycles. The number of nitrogens with one attached hydrogen (secondary N) is 1. The Morgan fingerprint density at radius 1 is 1.22 bits per heavy atom. The second kappa shape index (κ2) is 4.99. The Labute approximate surface area is 119 Å². The third kappa shape index (κ3) is 2.90. The molecule has 0 radical (unpaired) electrons. The molecule has 0 spiro atoms. The normalized spacial score (nSPS) is 11.5. The molecule has 0 bridgehead atoms. The summed E-state index contributed by atoms with van der Waals surface area (Å²) in [7, 11) is -3.53. The molecule has 0 aliphatic heterocycles. The number of halogens is 1. The molecule has 18 heavy (non-hydrogen) atoms. The first kappa shape index (κ1) is 13.5. The molecule has 0 amide bonds. The van der Waals surface area contributed by atoms with Gasteiger partial charge in [0.25, 0.3) is 0 Å². The summed E-state index contributed by atoms with van der Waals surface area (Å²) in [5, 5.41) is 0. The molecule has 0 fully saturated rings. The Balaban J connectivity index is 2.29. The molecule has 0 aliphatic carbocycles. The van der Waals surface area contributed by atoms with Crippen molar-refractivity contribution in [2.75, 3.05) is 4.83 Å². The summed E-state index contributed by atoms with van der Waals surface area (Å²) in [6, 6.07) is 6.51. The first-order valence-corrected chi connectivity index (χ1v) is 8.21. The summed E-state index contributed by atoms with van der Waals surface area (Å²) in [6.07, 6.45) is 1.76. The highest BCUT2D eigenvalue weighted by Crippen LogP contribution is 2.15. The molecular weight excluding hydrogens is 336 g/mol. The van der Waals surface area contributed by atoms with E-state index in [9.17, 15) is 8.42 Å². The number of benzene rings is 1. The van der Waals surface area contributed by atoms with E-state index in [1.54, 1.807) is 30.5 Å². The van der Waals surface area contributed by atoms with Crippen LogP contribution in [0.5, 0.6) is 0 Å². The van der Waals surface area contributed by atoms with Crippen LogP contribution >= 0.6 is 27.5 Å². The van der Waals surface area contributed by atoms with Crippen LogP contribution in [-0.2, 0) is 10.0 Å². The monoisotopic (exact) mass is 347 g/mol. The summed E-state index contributed by atoms with van der Waals surface area (Å²) in [4.78, 5) is 3.82. The van der Waals surface area contributed by atoms with E-state index in [1.165, 1.54) is 15.6 Å². The van der Waals surface area contributed by atoms with Crippen LogP contribution in [0.25, 0.3) is 0 Å². The van der Waals surface area contributed by atoms with Crippen LogP contribution < -0.4 is 8.90 Å². The maximum Gasteiger partial charge on any atom is 0.307 e. The van der Waals surface area contributed by atoms with Crippen molar-refractivity contribution in [1.29, 1.82) is 0 Å². The van der Waals surface area contributed by atoms with Crippen molar-refractivity contribution in [3.05, 3.63) is 45.4 Å². The second-order valence-corrected chi connectivity index (χ2v) is 7.60. The highest BCUT2D eigenvalue weighted by molar-refractivity contribution is 9.10. The van der Waals surface area contributed by atoms with Gasteiger partial charge in [0.05, 0.1) is 9.77 Å². The minimum absolute atomic E-state index is 0.238. The fourth-order valence-electron chi connectivity index (χ4n) is 1.34. The van der Waals surface area contributed by atoms with Gasteiger partial charge in [0, 0.05) is 10.0 Å². The van der Waals surface area contributed by atoms with Crippen LogP contribution in [0.3, 0.4) is 0 Å². The highest BCUT2D eigenvalue weighted by Gasteiger charge is 2.20. The van der Waals surface area contributed by atoms with E-state index < -0.39 is 10.0 Å². The summed E-state index contributed by atoms with van der Waals surface area (Å²) < 4.78 is 26.5. The van der Waals surface area contributed by atoms with Gasteiger partial charge in [0.2, 0.25) is 6.20 Å². The van der Waals surface area contributed by atoms with Crippen molar-refractivity contribution in [2.45, 2.75) is 18.7 Å².